The Labute approximate surface area is 104 Å². The van der Waals surface area contributed by atoms with Crippen molar-refractivity contribution in [3.63, 3.8) is 0 Å². The first-order valence-corrected chi connectivity index (χ1v) is 5.72. The van der Waals surface area contributed by atoms with E-state index in [9.17, 15) is 0 Å². The minimum absolute atomic E-state index is 0.337. The first-order chi connectivity index (χ1) is 8.86. The second-order valence-electron chi connectivity index (χ2n) is 3.94. The van der Waals surface area contributed by atoms with Crippen molar-refractivity contribution in [1.82, 2.24) is 15.0 Å². The van der Waals surface area contributed by atoms with E-state index in [2.05, 4.69) is 26.3 Å². The maximum absolute atomic E-state index is 5.52. The highest BCUT2D eigenvalue weighted by Crippen LogP contribution is 2.24. The molecule has 3 rings (SSSR count). The first kappa shape index (κ1) is 10.7. The summed E-state index contributed by atoms with van der Waals surface area (Å²) in [6.45, 7) is 0.337. The molecule has 0 saturated carbocycles. The predicted octanol–water partition coefficient (Wildman–Crippen LogP) is 2.16. The lowest BCUT2D eigenvalue weighted by atomic mass is 10.2. The third kappa shape index (κ3) is 1.91. The topological polar surface area (TPSA) is 79.6 Å². The summed E-state index contributed by atoms with van der Waals surface area (Å²) in [6.07, 6.45) is 3.63. The fraction of sp³-hybridized carbons (Fsp3) is 0.0769. The van der Waals surface area contributed by atoms with E-state index in [1.807, 2.05) is 30.5 Å². The van der Waals surface area contributed by atoms with Crippen molar-refractivity contribution in [1.29, 1.82) is 0 Å². The number of benzene rings is 1. The Kier molecular flexibility index (Phi) is 2.66. The average molecular weight is 239 g/mol. The van der Waals surface area contributed by atoms with Gasteiger partial charge in [0.25, 0.3) is 0 Å². The first-order valence-electron chi connectivity index (χ1n) is 5.72. The van der Waals surface area contributed by atoms with Crippen LogP contribution in [0.15, 0.2) is 42.7 Å². The van der Waals surface area contributed by atoms with Crippen molar-refractivity contribution in [2.45, 2.75) is 6.54 Å². The number of nitrogens with zero attached hydrogens (tertiary/aromatic N) is 2. The zero-order valence-corrected chi connectivity index (χ0v) is 9.72. The highest BCUT2D eigenvalue weighted by molar-refractivity contribution is 5.93. The number of nitrogens with one attached hydrogen (secondary N) is 2. The molecule has 90 valence electrons. The summed E-state index contributed by atoms with van der Waals surface area (Å²) in [5.74, 6) is 1.37. The highest BCUT2D eigenvalue weighted by atomic mass is 15.0. The number of aromatic nitrogens is 3. The van der Waals surface area contributed by atoms with Crippen molar-refractivity contribution < 1.29 is 0 Å². The second kappa shape index (κ2) is 4.46. The van der Waals surface area contributed by atoms with Crippen LogP contribution < -0.4 is 11.1 Å². The molecular formula is C13H13N5. The number of fused-ring (bicyclic) bond motifs is 1. The Bertz CT molecular complexity index is 674. The van der Waals surface area contributed by atoms with Crippen LogP contribution in [-0.2, 0) is 6.54 Å². The molecule has 0 atom stereocenters. The van der Waals surface area contributed by atoms with Gasteiger partial charge in [0.05, 0.1) is 12.2 Å². The number of hydrogen-bond acceptors (Lipinski definition) is 4. The fourth-order valence-electron chi connectivity index (χ4n) is 1.88. The summed E-state index contributed by atoms with van der Waals surface area (Å²) in [4.78, 5) is 11.6. The molecule has 0 amide bonds. The summed E-state index contributed by atoms with van der Waals surface area (Å²) in [5.41, 5.74) is 7.61. The van der Waals surface area contributed by atoms with Crippen LogP contribution in [0.4, 0.5) is 11.5 Å². The van der Waals surface area contributed by atoms with Crippen LogP contribution in [-0.4, -0.2) is 15.0 Å². The molecule has 2 aromatic heterocycles. The average Bonchev–Trinajstić information content (AvgIpc) is 2.83. The van der Waals surface area contributed by atoms with Crippen molar-refractivity contribution in [3.05, 3.63) is 48.5 Å². The molecule has 0 saturated heterocycles. The van der Waals surface area contributed by atoms with Gasteiger partial charge in [-0.05, 0) is 12.1 Å². The number of aromatic amines is 1. The Balaban J connectivity index is 1.96. The number of para-hydroxylation sites is 1. The predicted molar refractivity (Wildman–Crippen MR) is 71.5 cm³/mol. The van der Waals surface area contributed by atoms with Crippen LogP contribution in [0.1, 0.15) is 5.82 Å². The maximum Gasteiger partial charge on any atom is 0.144 e. The molecule has 5 heteroatoms. The van der Waals surface area contributed by atoms with Gasteiger partial charge in [0.15, 0.2) is 0 Å². The molecule has 0 spiro atoms. The van der Waals surface area contributed by atoms with Gasteiger partial charge in [-0.25, -0.2) is 9.97 Å². The van der Waals surface area contributed by atoms with Crippen molar-refractivity contribution in [2.24, 2.45) is 5.73 Å². The van der Waals surface area contributed by atoms with E-state index in [-0.39, 0.29) is 0 Å². The maximum atomic E-state index is 5.52. The van der Waals surface area contributed by atoms with Crippen LogP contribution in [0, 0.1) is 0 Å². The van der Waals surface area contributed by atoms with Gasteiger partial charge in [-0.2, -0.15) is 0 Å². The highest BCUT2D eigenvalue weighted by Gasteiger charge is 2.04. The van der Waals surface area contributed by atoms with E-state index in [1.54, 1.807) is 6.20 Å². The molecule has 0 radical (unpaired) electrons. The Hall–Kier alpha value is -2.40. The molecule has 3 aromatic rings. The van der Waals surface area contributed by atoms with Crippen LogP contribution in [0.2, 0.25) is 0 Å². The van der Waals surface area contributed by atoms with Gasteiger partial charge in [0.1, 0.15) is 11.6 Å². The number of hydrogen-bond donors (Lipinski definition) is 3. The van der Waals surface area contributed by atoms with Gasteiger partial charge in [0, 0.05) is 23.3 Å². The van der Waals surface area contributed by atoms with E-state index in [0.29, 0.717) is 12.4 Å². The lowest BCUT2D eigenvalue weighted by Crippen LogP contribution is -2.04. The molecular weight excluding hydrogens is 226 g/mol. The molecule has 0 unspecified atom stereocenters. The van der Waals surface area contributed by atoms with Crippen LogP contribution in [0.25, 0.3) is 10.9 Å². The SMILES string of the molecule is NCc1nccc(Nc2c[nH]c3ccccc23)n1. The van der Waals surface area contributed by atoms with Gasteiger partial charge in [-0.1, -0.05) is 18.2 Å². The summed E-state index contributed by atoms with van der Waals surface area (Å²) >= 11 is 0. The molecule has 0 bridgehead atoms. The van der Waals surface area contributed by atoms with Crippen molar-refractivity contribution >= 4 is 22.4 Å². The standard InChI is InChI=1S/C13H13N5/c14-7-13-15-6-5-12(18-13)17-11-8-16-10-4-2-1-3-9(10)11/h1-6,8,16H,7,14H2,(H,15,17,18). The smallest absolute Gasteiger partial charge is 0.144 e. The van der Waals surface area contributed by atoms with Gasteiger partial charge < -0.3 is 16.0 Å². The van der Waals surface area contributed by atoms with Crippen LogP contribution >= 0.6 is 0 Å². The van der Waals surface area contributed by atoms with Crippen molar-refractivity contribution in [3.8, 4) is 0 Å². The van der Waals surface area contributed by atoms with E-state index >= 15 is 0 Å². The van der Waals surface area contributed by atoms with Gasteiger partial charge >= 0.3 is 0 Å². The molecule has 0 aliphatic rings. The second-order valence-corrected chi connectivity index (χ2v) is 3.94. The largest absolute Gasteiger partial charge is 0.359 e. The van der Waals surface area contributed by atoms with E-state index in [0.717, 1.165) is 22.4 Å². The zero-order valence-electron chi connectivity index (χ0n) is 9.72. The van der Waals surface area contributed by atoms with Crippen LogP contribution in [0.5, 0.6) is 0 Å². The fourth-order valence-corrected chi connectivity index (χ4v) is 1.88. The number of rotatable bonds is 3. The summed E-state index contributed by atoms with van der Waals surface area (Å²) in [6, 6.07) is 9.92. The molecule has 4 N–H and O–H groups in total. The molecule has 0 aliphatic carbocycles. The number of H-pyrrole nitrogens is 1. The van der Waals surface area contributed by atoms with Crippen LogP contribution in [0.3, 0.4) is 0 Å². The Morgan fingerprint density at radius 2 is 2.11 bits per heavy atom. The zero-order chi connectivity index (χ0) is 12.4. The summed E-state index contributed by atoms with van der Waals surface area (Å²) < 4.78 is 0. The van der Waals surface area contributed by atoms with E-state index in [1.165, 1.54) is 0 Å². The molecule has 18 heavy (non-hydrogen) atoms. The lowest BCUT2D eigenvalue weighted by Gasteiger charge is -2.04. The summed E-state index contributed by atoms with van der Waals surface area (Å²) in [7, 11) is 0. The number of nitrogens with two attached hydrogens (primary N) is 1. The molecule has 0 aliphatic heterocycles. The molecule has 1 aromatic carbocycles. The number of anilines is 2. The Morgan fingerprint density at radius 1 is 1.22 bits per heavy atom. The normalized spacial score (nSPS) is 10.7. The molecule has 0 fully saturated rings. The van der Waals surface area contributed by atoms with E-state index < -0.39 is 0 Å². The quantitative estimate of drug-likeness (QED) is 0.654. The third-order valence-corrected chi connectivity index (χ3v) is 2.74. The monoisotopic (exact) mass is 239 g/mol. The molecule has 2 heterocycles. The van der Waals surface area contributed by atoms with Gasteiger partial charge in [-0.3, -0.25) is 0 Å². The Morgan fingerprint density at radius 3 is 3.00 bits per heavy atom. The summed E-state index contributed by atoms with van der Waals surface area (Å²) in [5, 5.41) is 4.39. The third-order valence-electron chi connectivity index (χ3n) is 2.74. The minimum atomic E-state index is 0.337. The van der Waals surface area contributed by atoms with Gasteiger partial charge in [0.2, 0.25) is 0 Å². The van der Waals surface area contributed by atoms with Gasteiger partial charge in [-0.15, -0.1) is 0 Å². The van der Waals surface area contributed by atoms with E-state index in [4.69, 9.17) is 5.73 Å². The molecule has 5 nitrogen and oxygen atoms in total. The van der Waals surface area contributed by atoms with Crippen molar-refractivity contribution in [2.75, 3.05) is 5.32 Å². The lowest BCUT2D eigenvalue weighted by molar-refractivity contribution is 0.912. The minimum Gasteiger partial charge on any atom is -0.359 e.